The quantitative estimate of drug-likeness (QED) is 0.195. The fourth-order valence-electron chi connectivity index (χ4n) is 5.07. The van der Waals surface area contributed by atoms with E-state index in [0.717, 1.165) is 22.5 Å². The normalized spacial score (nSPS) is 15.0. The molecule has 42 heavy (non-hydrogen) atoms. The van der Waals surface area contributed by atoms with Gasteiger partial charge in [0.25, 0.3) is 0 Å². The van der Waals surface area contributed by atoms with Crippen LogP contribution in [0.15, 0.2) is 133 Å². The second-order valence-corrected chi connectivity index (χ2v) is 11.3. The number of benzene rings is 5. The molecule has 1 aliphatic rings. The zero-order valence-corrected chi connectivity index (χ0v) is 25.5. The van der Waals surface area contributed by atoms with Crippen molar-refractivity contribution in [2.75, 3.05) is 4.90 Å². The van der Waals surface area contributed by atoms with E-state index in [1.54, 1.807) is 0 Å². The van der Waals surface area contributed by atoms with Crippen LogP contribution in [0.2, 0.25) is 0 Å². The van der Waals surface area contributed by atoms with Gasteiger partial charge in [0.1, 0.15) is 0 Å². The lowest BCUT2D eigenvalue weighted by Gasteiger charge is -2.32. The summed E-state index contributed by atoms with van der Waals surface area (Å²) in [5.41, 5.74) is 8.33. The van der Waals surface area contributed by atoms with E-state index in [1.807, 2.05) is 26.0 Å². The topological polar surface area (TPSA) is 21.7 Å². The summed E-state index contributed by atoms with van der Waals surface area (Å²) in [6.07, 6.45) is 0. The van der Waals surface area contributed by atoms with Crippen molar-refractivity contribution in [1.29, 1.82) is 0 Å². The number of rotatable bonds is 6. The van der Waals surface area contributed by atoms with E-state index in [9.17, 15) is 0 Å². The van der Waals surface area contributed by atoms with Crippen molar-refractivity contribution < 1.29 is 9.31 Å². The first kappa shape index (κ1) is 29.4. The minimum Gasteiger partial charge on any atom is -0.399 e. The molecule has 0 unspecified atom stereocenters. The van der Waals surface area contributed by atoms with Gasteiger partial charge in [-0.25, -0.2) is 0 Å². The monoisotopic (exact) mass is 553 g/mol. The number of anilines is 3. The smallest absolute Gasteiger partial charge is 0.399 e. The Kier molecular flexibility index (Phi) is 8.68. The van der Waals surface area contributed by atoms with Crippen LogP contribution in [-0.4, -0.2) is 18.3 Å². The fourth-order valence-corrected chi connectivity index (χ4v) is 5.07. The van der Waals surface area contributed by atoms with Gasteiger partial charge in [-0.3, -0.25) is 0 Å². The molecule has 0 amide bonds. The molecular weight excluding hydrogens is 513 g/mol. The van der Waals surface area contributed by atoms with E-state index in [4.69, 9.17) is 9.31 Å². The molecule has 0 radical (unpaired) electrons. The van der Waals surface area contributed by atoms with Crippen LogP contribution in [0.25, 0.3) is 22.3 Å². The van der Waals surface area contributed by atoms with Gasteiger partial charge < -0.3 is 14.2 Å². The van der Waals surface area contributed by atoms with E-state index >= 15 is 0 Å². The number of hydrogen-bond acceptors (Lipinski definition) is 3. The number of nitrogens with zero attached hydrogens (tertiary/aromatic N) is 1. The zero-order chi connectivity index (χ0) is 29.7. The lowest BCUT2D eigenvalue weighted by atomic mass is 9.79. The minimum atomic E-state index is -0.386. The van der Waals surface area contributed by atoms with Gasteiger partial charge in [-0.15, -0.1) is 0 Å². The summed E-state index contributed by atoms with van der Waals surface area (Å²) >= 11 is 0. The Morgan fingerprint density at radius 1 is 0.429 bits per heavy atom. The molecule has 1 aliphatic heterocycles. The van der Waals surface area contributed by atoms with Gasteiger partial charge in [-0.2, -0.15) is 0 Å². The van der Waals surface area contributed by atoms with Gasteiger partial charge in [-0.1, -0.05) is 111 Å². The highest BCUT2D eigenvalue weighted by Gasteiger charge is 2.51. The van der Waals surface area contributed by atoms with Gasteiger partial charge in [0.2, 0.25) is 0 Å². The molecule has 0 N–H and O–H groups in total. The Balaban J connectivity index is 0.00000173. The first-order valence-electron chi connectivity index (χ1n) is 14.9. The molecule has 0 bridgehead atoms. The third kappa shape index (κ3) is 6.06. The predicted octanol–water partition coefficient (Wildman–Crippen LogP) is 9.82. The number of hydrogen-bond donors (Lipinski definition) is 0. The second-order valence-electron chi connectivity index (χ2n) is 11.3. The third-order valence-corrected chi connectivity index (χ3v) is 8.14. The molecule has 0 spiro atoms. The highest BCUT2D eigenvalue weighted by atomic mass is 16.7. The Hall–Kier alpha value is -4.12. The Labute approximate surface area is 251 Å². The van der Waals surface area contributed by atoms with Crippen molar-refractivity contribution in [2.24, 2.45) is 0 Å². The van der Waals surface area contributed by atoms with Crippen LogP contribution in [0.5, 0.6) is 0 Å². The first-order chi connectivity index (χ1) is 20.3. The Bertz CT molecular complexity index is 1460. The van der Waals surface area contributed by atoms with E-state index in [1.165, 1.54) is 22.3 Å². The molecule has 0 aromatic heterocycles. The summed E-state index contributed by atoms with van der Waals surface area (Å²) in [5.74, 6) is 0. The van der Waals surface area contributed by atoms with Crippen molar-refractivity contribution in [1.82, 2.24) is 0 Å². The maximum absolute atomic E-state index is 6.29. The van der Waals surface area contributed by atoms with Gasteiger partial charge in [0.05, 0.1) is 11.2 Å². The minimum absolute atomic E-state index is 0.372. The molecule has 1 saturated heterocycles. The van der Waals surface area contributed by atoms with E-state index in [0.29, 0.717) is 0 Å². The fraction of sp³-hybridized carbons (Fsp3) is 0.211. The molecule has 0 atom stereocenters. The summed E-state index contributed by atoms with van der Waals surface area (Å²) < 4.78 is 12.6. The van der Waals surface area contributed by atoms with E-state index < -0.39 is 0 Å². The Morgan fingerprint density at radius 3 is 1.10 bits per heavy atom. The van der Waals surface area contributed by atoms with Gasteiger partial charge in [0, 0.05) is 17.1 Å². The summed E-state index contributed by atoms with van der Waals surface area (Å²) in [5, 5.41) is 0. The van der Waals surface area contributed by atoms with Gasteiger partial charge in [-0.05, 0) is 91.8 Å². The molecule has 5 aromatic rings. The highest BCUT2D eigenvalue weighted by molar-refractivity contribution is 6.62. The van der Waals surface area contributed by atoms with Crippen LogP contribution in [-0.2, 0) is 9.31 Å². The summed E-state index contributed by atoms with van der Waals surface area (Å²) in [6, 6.07) is 47.0. The zero-order valence-electron chi connectivity index (χ0n) is 25.5. The molecular formula is C38H40BNO2. The third-order valence-electron chi connectivity index (χ3n) is 8.14. The van der Waals surface area contributed by atoms with Crippen molar-refractivity contribution in [3.05, 3.63) is 133 Å². The largest absolute Gasteiger partial charge is 0.494 e. The maximum atomic E-state index is 6.29. The van der Waals surface area contributed by atoms with E-state index in [2.05, 4.69) is 154 Å². The van der Waals surface area contributed by atoms with Crippen LogP contribution in [0.1, 0.15) is 41.5 Å². The summed E-state index contributed by atoms with van der Waals surface area (Å²) in [4.78, 5) is 2.29. The molecule has 6 rings (SSSR count). The predicted molar refractivity (Wildman–Crippen MR) is 179 cm³/mol. The molecule has 4 heteroatoms. The van der Waals surface area contributed by atoms with Crippen LogP contribution in [0, 0.1) is 0 Å². The van der Waals surface area contributed by atoms with Crippen LogP contribution in [0.3, 0.4) is 0 Å². The van der Waals surface area contributed by atoms with Crippen molar-refractivity contribution in [3.8, 4) is 22.3 Å². The first-order valence-corrected chi connectivity index (χ1v) is 14.9. The van der Waals surface area contributed by atoms with E-state index in [-0.39, 0.29) is 18.3 Å². The second kappa shape index (κ2) is 12.4. The molecule has 1 fully saturated rings. The van der Waals surface area contributed by atoms with Crippen LogP contribution in [0.4, 0.5) is 17.1 Å². The van der Waals surface area contributed by atoms with Gasteiger partial charge >= 0.3 is 7.12 Å². The molecule has 5 aromatic carbocycles. The molecule has 1 heterocycles. The average Bonchev–Trinajstić information content (AvgIpc) is 3.26. The SMILES string of the molecule is CC.CC1(C)OB(c2ccc(N(c3ccc(-c4ccccc4)cc3)c3ccc(-c4ccccc4)cc3)cc2)OC1(C)C. The summed E-state index contributed by atoms with van der Waals surface area (Å²) in [7, 11) is -0.386. The Morgan fingerprint density at radius 2 is 0.738 bits per heavy atom. The molecule has 212 valence electrons. The van der Waals surface area contributed by atoms with Crippen LogP contribution < -0.4 is 10.4 Å². The molecule has 0 saturated carbocycles. The van der Waals surface area contributed by atoms with Crippen molar-refractivity contribution in [2.45, 2.75) is 52.7 Å². The lowest BCUT2D eigenvalue weighted by molar-refractivity contribution is 0.00578. The summed E-state index contributed by atoms with van der Waals surface area (Å²) in [6.45, 7) is 12.3. The van der Waals surface area contributed by atoms with Crippen molar-refractivity contribution in [3.63, 3.8) is 0 Å². The maximum Gasteiger partial charge on any atom is 0.494 e. The molecule has 3 nitrogen and oxygen atoms in total. The standard InChI is InChI=1S/C36H34BNO2.C2H6/c1-35(2)36(3,4)40-37(39-35)31-19-25-34(26-20-31)38(32-21-15-29(16-22-32)27-11-7-5-8-12-27)33-23-17-30(18-24-33)28-13-9-6-10-14-28;1-2/h5-26H,1-4H3;1-2H3. The molecule has 0 aliphatic carbocycles. The average molecular weight is 554 g/mol. The van der Waals surface area contributed by atoms with Crippen molar-refractivity contribution >= 4 is 29.6 Å². The highest BCUT2D eigenvalue weighted by Crippen LogP contribution is 2.38. The lowest BCUT2D eigenvalue weighted by Crippen LogP contribution is -2.41. The van der Waals surface area contributed by atoms with Gasteiger partial charge in [0.15, 0.2) is 0 Å². The van der Waals surface area contributed by atoms with Crippen LogP contribution >= 0.6 is 0 Å².